The molecule has 0 radical (unpaired) electrons. The minimum atomic E-state index is -0.513. The molecule has 0 spiro atoms. The third-order valence-electron chi connectivity index (χ3n) is 3.75. The van der Waals surface area contributed by atoms with Gasteiger partial charge in [-0.05, 0) is 27.7 Å². The van der Waals surface area contributed by atoms with E-state index in [-0.39, 0.29) is 24.1 Å². The smallest absolute Gasteiger partial charge is 0.410 e. The molecule has 0 aliphatic carbocycles. The monoisotopic (exact) mass is 314 g/mol. The van der Waals surface area contributed by atoms with Crippen molar-refractivity contribution in [3.63, 3.8) is 0 Å². The summed E-state index contributed by atoms with van der Waals surface area (Å²) in [5, 5.41) is 0. The second-order valence-corrected chi connectivity index (χ2v) is 6.96. The molecule has 0 saturated carbocycles. The fourth-order valence-electron chi connectivity index (χ4n) is 2.60. The molecule has 0 aromatic rings. The molecule has 128 valence electrons. The van der Waals surface area contributed by atoms with E-state index in [0.29, 0.717) is 26.2 Å². The van der Waals surface area contributed by atoms with Crippen LogP contribution < -0.4 is 5.73 Å². The molecule has 1 aliphatic rings. The predicted octanol–water partition coefficient (Wildman–Crippen LogP) is 0.343. The summed E-state index contributed by atoms with van der Waals surface area (Å²) in [7, 11) is 3.49. The molecule has 7 nitrogen and oxygen atoms in total. The minimum Gasteiger partial charge on any atom is -0.444 e. The molecule has 0 bridgehead atoms. The highest BCUT2D eigenvalue weighted by Gasteiger charge is 2.35. The Morgan fingerprint density at radius 1 is 1.32 bits per heavy atom. The molecule has 1 fully saturated rings. The summed E-state index contributed by atoms with van der Waals surface area (Å²) in [6.45, 7) is 9.45. The van der Waals surface area contributed by atoms with E-state index < -0.39 is 5.60 Å². The summed E-state index contributed by atoms with van der Waals surface area (Å²) in [5.41, 5.74) is 5.34. The first kappa shape index (κ1) is 18.7. The third kappa shape index (κ3) is 4.84. The Balaban J connectivity index is 2.72. The van der Waals surface area contributed by atoms with Crippen molar-refractivity contribution < 1.29 is 14.3 Å². The standard InChI is InChI=1S/C15H30N4O3/c1-11(13(20)17(5)6)19-8-7-18(10-12(19)9-16)14(21)22-15(2,3)4/h11-12H,7-10,16H2,1-6H3. The molecule has 2 atom stereocenters. The Kier molecular flexibility index (Phi) is 6.19. The number of rotatable bonds is 3. The highest BCUT2D eigenvalue weighted by atomic mass is 16.6. The molecule has 2 unspecified atom stereocenters. The molecule has 7 heteroatoms. The molecule has 0 aromatic heterocycles. The zero-order chi connectivity index (χ0) is 17.1. The highest BCUT2D eigenvalue weighted by Crippen LogP contribution is 2.17. The van der Waals surface area contributed by atoms with Crippen molar-refractivity contribution in [2.24, 2.45) is 5.73 Å². The average molecular weight is 314 g/mol. The van der Waals surface area contributed by atoms with Gasteiger partial charge in [0.25, 0.3) is 0 Å². The fraction of sp³-hybridized carbons (Fsp3) is 0.867. The third-order valence-corrected chi connectivity index (χ3v) is 3.75. The molecule has 1 rings (SSSR count). The van der Waals surface area contributed by atoms with Gasteiger partial charge >= 0.3 is 6.09 Å². The van der Waals surface area contributed by atoms with E-state index in [4.69, 9.17) is 10.5 Å². The van der Waals surface area contributed by atoms with Crippen molar-refractivity contribution in [1.29, 1.82) is 0 Å². The SMILES string of the molecule is CC(C(=O)N(C)C)N1CCN(C(=O)OC(C)(C)C)CC1CN. The summed E-state index contributed by atoms with van der Waals surface area (Å²) in [6, 6.07) is -0.287. The molecular formula is C15H30N4O3. The Morgan fingerprint density at radius 2 is 1.91 bits per heavy atom. The van der Waals surface area contributed by atoms with E-state index in [1.807, 2.05) is 27.7 Å². The van der Waals surface area contributed by atoms with Crippen LogP contribution >= 0.6 is 0 Å². The maximum atomic E-state index is 12.2. The molecule has 1 aliphatic heterocycles. The Morgan fingerprint density at radius 3 is 2.36 bits per heavy atom. The summed E-state index contributed by atoms with van der Waals surface area (Å²) in [5.74, 6) is 0.0455. The quantitative estimate of drug-likeness (QED) is 0.813. The Bertz CT molecular complexity index is 406. The molecule has 0 aromatic carbocycles. The van der Waals surface area contributed by atoms with Crippen molar-refractivity contribution in [3.8, 4) is 0 Å². The summed E-state index contributed by atoms with van der Waals surface area (Å²) in [6.07, 6.45) is -0.322. The van der Waals surface area contributed by atoms with Gasteiger partial charge in [0.05, 0.1) is 6.04 Å². The van der Waals surface area contributed by atoms with Gasteiger partial charge in [-0.2, -0.15) is 0 Å². The molecule has 1 heterocycles. The van der Waals surface area contributed by atoms with Gasteiger partial charge in [-0.15, -0.1) is 0 Å². The number of carbonyl (C=O) groups is 2. The first-order valence-corrected chi connectivity index (χ1v) is 7.71. The predicted molar refractivity (Wildman–Crippen MR) is 85.5 cm³/mol. The number of likely N-dealkylation sites (N-methyl/N-ethyl adjacent to an activating group) is 1. The lowest BCUT2D eigenvalue weighted by Gasteiger charge is -2.43. The van der Waals surface area contributed by atoms with Gasteiger partial charge < -0.3 is 20.3 Å². The topological polar surface area (TPSA) is 79.1 Å². The summed E-state index contributed by atoms with van der Waals surface area (Å²) in [4.78, 5) is 29.6. The Hall–Kier alpha value is -1.34. The number of ether oxygens (including phenoxy) is 1. The van der Waals surface area contributed by atoms with E-state index in [2.05, 4.69) is 4.90 Å². The van der Waals surface area contributed by atoms with Crippen LogP contribution in [-0.2, 0) is 9.53 Å². The number of piperazine rings is 1. The number of nitrogens with two attached hydrogens (primary N) is 1. The van der Waals surface area contributed by atoms with Gasteiger partial charge in [-0.25, -0.2) is 4.79 Å². The van der Waals surface area contributed by atoms with Gasteiger partial charge in [0, 0.05) is 46.3 Å². The normalized spacial score (nSPS) is 21.4. The first-order chi connectivity index (χ1) is 10.1. The van der Waals surface area contributed by atoms with Crippen molar-refractivity contribution in [2.75, 3.05) is 40.3 Å². The lowest BCUT2D eigenvalue weighted by atomic mass is 10.1. The maximum absolute atomic E-state index is 12.2. The molecule has 22 heavy (non-hydrogen) atoms. The van der Waals surface area contributed by atoms with Crippen molar-refractivity contribution in [3.05, 3.63) is 0 Å². The van der Waals surface area contributed by atoms with Gasteiger partial charge in [0.2, 0.25) is 5.91 Å². The van der Waals surface area contributed by atoms with Crippen LogP contribution in [0.5, 0.6) is 0 Å². The average Bonchev–Trinajstić information content (AvgIpc) is 2.42. The molecule has 1 saturated heterocycles. The van der Waals surface area contributed by atoms with Crippen molar-refractivity contribution in [1.82, 2.24) is 14.7 Å². The molecular weight excluding hydrogens is 284 g/mol. The number of nitrogens with zero attached hydrogens (tertiary/aromatic N) is 3. The number of hydrogen-bond acceptors (Lipinski definition) is 5. The zero-order valence-corrected chi connectivity index (χ0v) is 14.6. The van der Waals surface area contributed by atoms with E-state index in [1.165, 1.54) is 0 Å². The highest BCUT2D eigenvalue weighted by molar-refractivity contribution is 5.81. The van der Waals surface area contributed by atoms with Crippen LogP contribution in [0.2, 0.25) is 0 Å². The number of amides is 2. The minimum absolute atomic E-state index is 0.0415. The summed E-state index contributed by atoms with van der Waals surface area (Å²) < 4.78 is 5.40. The Labute approximate surface area is 133 Å². The molecule has 2 N–H and O–H groups in total. The van der Waals surface area contributed by atoms with Gasteiger partial charge in [-0.1, -0.05) is 0 Å². The lowest BCUT2D eigenvalue weighted by molar-refractivity contribution is -0.135. The van der Waals surface area contributed by atoms with Crippen molar-refractivity contribution >= 4 is 12.0 Å². The maximum Gasteiger partial charge on any atom is 0.410 e. The van der Waals surface area contributed by atoms with Crippen LogP contribution in [0, 0.1) is 0 Å². The second kappa shape index (κ2) is 7.28. The first-order valence-electron chi connectivity index (χ1n) is 7.71. The van der Waals surface area contributed by atoms with Gasteiger partial charge in [0.15, 0.2) is 0 Å². The van der Waals surface area contributed by atoms with Gasteiger partial charge in [-0.3, -0.25) is 9.69 Å². The van der Waals surface area contributed by atoms with E-state index in [0.717, 1.165) is 0 Å². The van der Waals surface area contributed by atoms with E-state index in [1.54, 1.807) is 23.9 Å². The van der Waals surface area contributed by atoms with Crippen LogP contribution in [0.15, 0.2) is 0 Å². The fourth-order valence-corrected chi connectivity index (χ4v) is 2.60. The van der Waals surface area contributed by atoms with Crippen LogP contribution in [-0.4, -0.2) is 84.7 Å². The lowest BCUT2D eigenvalue weighted by Crippen LogP contribution is -2.62. The van der Waals surface area contributed by atoms with E-state index >= 15 is 0 Å². The summed E-state index contributed by atoms with van der Waals surface area (Å²) >= 11 is 0. The molecule has 2 amide bonds. The van der Waals surface area contributed by atoms with Crippen molar-refractivity contribution in [2.45, 2.75) is 45.4 Å². The number of carbonyl (C=O) groups excluding carboxylic acids is 2. The van der Waals surface area contributed by atoms with Crippen LogP contribution in [0.4, 0.5) is 4.79 Å². The van der Waals surface area contributed by atoms with Crippen LogP contribution in [0.25, 0.3) is 0 Å². The largest absolute Gasteiger partial charge is 0.444 e. The van der Waals surface area contributed by atoms with Gasteiger partial charge in [0.1, 0.15) is 5.60 Å². The second-order valence-electron chi connectivity index (χ2n) is 6.96. The van der Waals surface area contributed by atoms with E-state index in [9.17, 15) is 9.59 Å². The van der Waals surface area contributed by atoms with Crippen LogP contribution in [0.1, 0.15) is 27.7 Å². The number of hydrogen-bond donors (Lipinski definition) is 1. The van der Waals surface area contributed by atoms with Crippen LogP contribution in [0.3, 0.4) is 0 Å². The zero-order valence-electron chi connectivity index (χ0n) is 14.6.